The van der Waals surface area contributed by atoms with E-state index >= 15 is 0 Å². The molecule has 1 unspecified atom stereocenters. The molecular weight excluding hydrogens is 410 g/mol. The molecule has 32 heavy (non-hydrogen) atoms. The third-order valence-electron chi connectivity index (χ3n) is 5.90. The lowest BCUT2D eigenvalue weighted by atomic mass is 10.2. The molecule has 10 heteroatoms. The van der Waals surface area contributed by atoms with Gasteiger partial charge in [-0.05, 0) is 25.8 Å². The van der Waals surface area contributed by atoms with E-state index in [1.807, 2.05) is 16.4 Å². The molecule has 2 fully saturated rings. The molecule has 10 nitrogen and oxygen atoms in total. The zero-order valence-electron chi connectivity index (χ0n) is 18.0. The monoisotopic (exact) mass is 433 g/mol. The second-order valence-electron chi connectivity index (χ2n) is 8.01. The van der Waals surface area contributed by atoms with Crippen molar-refractivity contribution in [1.29, 1.82) is 5.26 Å². The molecule has 0 aromatic carbocycles. The summed E-state index contributed by atoms with van der Waals surface area (Å²) in [5, 5.41) is 9.42. The molecule has 1 amide bonds. The van der Waals surface area contributed by atoms with E-state index in [-0.39, 0.29) is 23.8 Å². The highest BCUT2D eigenvalue weighted by atomic mass is 16.5. The van der Waals surface area contributed by atoms with Gasteiger partial charge in [-0.15, -0.1) is 0 Å². The largest absolute Gasteiger partial charge is 0.480 e. The Bertz CT molecular complexity index is 1230. The summed E-state index contributed by atoms with van der Waals surface area (Å²) < 4.78 is 13.3. The average molecular weight is 433 g/mol. The number of ether oxygens (including phenoxy) is 2. The number of imidazole rings is 1. The maximum atomic E-state index is 12.4. The molecule has 3 aromatic rings. The number of aromatic nitrogens is 5. The molecule has 2 aliphatic rings. The number of likely N-dealkylation sites (tertiary alicyclic amines) is 1. The number of nitriles is 1. The molecule has 3 aromatic heterocycles. The van der Waals surface area contributed by atoms with Crippen molar-refractivity contribution >= 4 is 17.1 Å². The first-order valence-electron chi connectivity index (χ1n) is 10.7. The van der Waals surface area contributed by atoms with Crippen LogP contribution >= 0.6 is 0 Å². The topological polar surface area (TPSA) is 119 Å². The van der Waals surface area contributed by atoms with E-state index in [1.54, 1.807) is 12.3 Å². The van der Waals surface area contributed by atoms with Crippen LogP contribution in [0.2, 0.25) is 0 Å². The van der Waals surface area contributed by atoms with Gasteiger partial charge >= 0.3 is 0 Å². The molecule has 4 heterocycles. The Labute approximate surface area is 184 Å². The van der Waals surface area contributed by atoms with Crippen LogP contribution in [-0.4, -0.2) is 61.6 Å². The van der Waals surface area contributed by atoms with Gasteiger partial charge in [0.2, 0.25) is 17.7 Å². The van der Waals surface area contributed by atoms with Crippen molar-refractivity contribution in [3.8, 4) is 29.2 Å². The van der Waals surface area contributed by atoms with Crippen molar-refractivity contribution in [1.82, 2.24) is 29.4 Å². The second-order valence-corrected chi connectivity index (χ2v) is 8.01. The van der Waals surface area contributed by atoms with Gasteiger partial charge in [0.15, 0.2) is 11.2 Å². The molecule has 1 aliphatic heterocycles. The van der Waals surface area contributed by atoms with Crippen LogP contribution in [0.15, 0.2) is 18.6 Å². The number of carbonyl (C=O) groups is 1. The number of hydrogen-bond donors (Lipinski definition) is 0. The van der Waals surface area contributed by atoms with Gasteiger partial charge in [0.1, 0.15) is 29.9 Å². The molecule has 0 radical (unpaired) electrons. The van der Waals surface area contributed by atoms with Gasteiger partial charge in [0, 0.05) is 37.2 Å². The smallest absolute Gasteiger partial charge is 0.245 e. The standard InChI is InChI=1S/C22H23N7O3/c1-3-29-18(15-8-14(9-23)20(31-2)24-10-15)27-17-19(29)25-12-26-21(17)32-16-6-7-28(11-16)22(30)13-4-5-13/h8,10,12-13,16H,3-7,11H2,1-2H3. The molecule has 1 saturated carbocycles. The van der Waals surface area contributed by atoms with Crippen LogP contribution in [0.4, 0.5) is 0 Å². The first kappa shape index (κ1) is 20.2. The van der Waals surface area contributed by atoms with Crippen molar-refractivity contribution < 1.29 is 14.3 Å². The molecule has 1 atom stereocenters. The summed E-state index contributed by atoms with van der Waals surface area (Å²) in [5.74, 6) is 1.74. The average Bonchev–Trinajstić information content (AvgIpc) is 3.45. The number of carbonyl (C=O) groups excluding carboxylic acids is 1. The van der Waals surface area contributed by atoms with Gasteiger partial charge in [-0.3, -0.25) is 4.79 Å². The maximum Gasteiger partial charge on any atom is 0.245 e. The SMILES string of the molecule is CCn1c(-c2cnc(OC)c(C#N)c2)nc2c(OC3CCN(C(=O)C4CC4)C3)ncnc21. The van der Waals surface area contributed by atoms with Gasteiger partial charge in [0.25, 0.3) is 0 Å². The molecule has 0 spiro atoms. The van der Waals surface area contributed by atoms with Crippen molar-refractivity contribution in [3.05, 3.63) is 24.2 Å². The van der Waals surface area contributed by atoms with E-state index in [0.717, 1.165) is 19.3 Å². The highest BCUT2D eigenvalue weighted by molar-refractivity contribution is 5.82. The van der Waals surface area contributed by atoms with Crippen molar-refractivity contribution in [2.24, 2.45) is 5.92 Å². The summed E-state index contributed by atoms with van der Waals surface area (Å²) in [6, 6.07) is 3.80. The number of methoxy groups -OCH3 is 1. The lowest BCUT2D eigenvalue weighted by molar-refractivity contribution is -0.131. The molecule has 1 aliphatic carbocycles. The molecular formula is C22H23N7O3. The first-order valence-corrected chi connectivity index (χ1v) is 10.7. The van der Waals surface area contributed by atoms with E-state index in [4.69, 9.17) is 14.5 Å². The minimum Gasteiger partial charge on any atom is -0.480 e. The Morgan fingerprint density at radius 1 is 1.25 bits per heavy atom. The minimum absolute atomic E-state index is 0.126. The van der Waals surface area contributed by atoms with E-state index < -0.39 is 0 Å². The number of nitrogens with zero attached hydrogens (tertiary/aromatic N) is 7. The fourth-order valence-electron chi connectivity index (χ4n) is 4.11. The van der Waals surface area contributed by atoms with Crippen molar-refractivity contribution in [3.63, 3.8) is 0 Å². The lowest BCUT2D eigenvalue weighted by Crippen LogP contribution is -2.32. The highest BCUT2D eigenvalue weighted by Gasteiger charge is 2.37. The van der Waals surface area contributed by atoms with Crippen LogP contribution in [0.1, 0.15) is 31.7 Å². The van der Waals surface area contributed by atoms with E-state index in [1.165, 1.54) is 13.4 Å². The summed E-state index contributed by atoms with van der Waals surface area (Å²) in [6.07, 6.45) is 5.72. The summed E-state index contributed by atoms with van der Waals surface area (Å²) in [4.78, 5) is 32.0. The Kier molecular flexibility index (Phi) is 5.09. The van der Waals surface area contributed by atoms with Crippen molar-refractivity contribution in [2.45, 2.75) is 38.8 Å². The number of fused-ring (bicyclic) bond motifs is 1. The van der Waals surface area contributed by atoms with Crippen LogP contribution in [0, 0.1) is 17.2 Å². The number of amides is 1. The van der Waals surface area contributed by atoms with Crippen LogP contribution < -0.4 is 9.47 Å². The fourth-order valence-corrected chi connectivity index (χ4v) is 4.11. The predicted molar refractivity (Wildman–Crippen MR) is 114 cm³/mol. The van der Waals surface area contributed by atoms with Gasteiger partial charge in [-0.25, -0.2) is 15.0 Å². The van der Waals surface area contributed by atoms with Crippen LogP contribution in [0.25, 0.3) is 22.6 Å². The lowest BCUT2D eigenvalue weighted by Gasteiger charge is -2.16. The Morgan fingerprint density at radius 2 is 2.09 bits per heavy atom. The normalized spacial score (nSPS) is 18.0. The summed E-state index contributed by atoms with van der Waals surface area (Å²) in [5.41, 5.74) is 2.19. The molecule has 0 N–H and O–H groups in total. The van der Waals surface area contributed by atoms with E-state index in [0.29, 0.717) is 53.6 Å². The number of aryl methyl sites for hydroxylation is 1. The molecule has 5 rings (SSSR count). The van der Waals surface area contributed by atoms with E-state index in [9.17, 15) is 10.1 Å². The third-order valence-corrected chi connectivity index (χ3v) is 5.90. The van der Waals surface area contributed by atoms with Gasteiger partial charge in [-0.1, -0.05) is 0 Å². The molecule has 1 saturated heterocycles. The zero-order chi connectivity index (χ0) is 22.2. The quantitative estimate of drug-likeness (QED) is 0.580. The van der Waals surface area contributed by atoms with Gasteiger partial charge in [-0.2, -0.15) is 10.2 Å². The van der Waals surface area contributed by atoms with E-state index in [2.05, 4.69) is 21.0 Å². The zero-order valence-corrected chi connectivity index (χ0v) is 18.0. The Balaban J connectivity index is 1.47. The summed E-state index contributed by atoms with van der Waals surface area (Å²) in [7, 11) is 1.48. The second kappa shape index (κ2) is 8.07. The molecule has 164 valence electrons. The number of pyridine rings is 1. The van der Waals surface area contributed by atoms with Crippen LogP contribution in [0.3, 0.4) is 0 Å². The summed E-state index contributed by atoms with van der Waals surface area (Å²) >= 11 is 0. The Hall–Kier alpha value is -3.74. The fraction of sp³-hybridized carbons (Fsp3) is 0.455. The third kappa shape index (κ3) is 3.49. The number of hydrogen-bond acceptors (Lipinski definition) is 8. The first-order chi connectivity index (χ1) is 15.6. The maximum absolute atomic E-state index is 12.4. The van der Waals surface area contributed by atoms with Crippen molar-refractivity contribution in [2.75, 3.05) is 20.2 Å². The minimum atomic E-state index is -0.126. The van der Waals surface area contributed by atoms with Gasteiger partial charge in [0.05, 0.1) is 13.7 Å². The predicted octanol–water partition coefficient (Wildman–Crippen LogP) is 2.18. The molecule has 0 bridgehead atoms. The van der Waals surface area contributed by atoms with Crippen LogP contribution in [-0.2, 0) is 11.3 Å². The van der Waals surface area contributed by atoms with Gasteiger partial charge < -0.3 is 18.9 Å². The van der Waals surface area contributed by atoms with Crippen LogP contribution in [0.5, 0.6) is 11.8 Å². The highest BCUT2D eigenvalue weighted by Crippen LogP contribution is 2.33. The Morgan fingerprint density at radius 3 is 2.81 bits per heavy atom. The summed E-state index contributed by atoms with van der Waals surface area (Å²) in [6.45, 7) is 3.88. The number of rotatable bonds is 6.